The maximum absolute atomic E-state index is 14.7. The van der Waals surface area contributed by atoms with E-state index in [0.717, 1.165) is 0 Å². The third-order valence-corrected chi connectivity index (χ3v) is 14.7. The molecule has 2 aliphatic rings. The van der Waals surface area contributed by atoms with E-state index in [0.29, 0.717) is 12.8 Å². The van der Waals surface area contributed by atoms with E-state index < -0.39 is 79.3 Å². The first kappa shape index (κ1) is 28.1. The normalized spacial score (nSPS) is 20.8. The Morgan fingerprint density at radius 2 is 0.879 bits per heavy atom. The van der Waals surface area contributed by atoms with E-state index in [2.05, 4.69) is 0 Å². The van der Waals surface area contributed by atoms with Crippen molar-refractivity contribution in [1.29, 1.82) is 0 Å². The summed E-state index contributed by atoms with van der Waals surface area (Å²) in [5, 5.41) is 8.95. The second kappa shape index (κ2) is 9.16. The third kappa shape index (κ3) is 4.36. The lowest BCUT2D eigenvalue weighted by molar-refractivity contribution is 0.164. The van der Waals surface area contributed by atoms with Crippen molar-refractivity contribution in [1.82, 2.24) is 8.61 Å². The zero-order valence-electron chi connectivity index (χ0n) is 16.8. The van der Waals surface area contributed by atoms with Crippen LogP contribution >= 0.6 is 0 Å². The Morgan fingerprint density at radius 1 is 0.606 bits per heavy atom. The van der Waals surface area contributed by atoms with Gasteiger partial charge in [0.2, 0.25) is 0 Å². The molecule has 2 rings (SSSR count). The smallest absolute Gasteiger partial charge is 0.464 e. The van der Waals surface area contributed by atoms with Crippen molar-refractivity contribution in [2.75, 3.05) is 26.2 Å². The fraction of sp³-hybridized carbons (Fsp3) is 0.857. The van der Waals surface area contributed by atoms with E-state index in [1.807, 2.05) is 0 Å². The topological polar surface area (TPSA) is 165 Å². The van der Waals surface area contributed by atoms with Crippen molar-refractivity contribution in [2.24, 2.45) is 0 Å². The molecule has 0 aromatic heterocycles. The fourth-order valence-corrected chi connectivity index (χ4v) is 11.5. The van der Waals surface area contributed by atoms with Gasteiger partial charge in [-0.3, -0.25) is 0 Å². The van der Waals surface area contributed by atoms with Crippen LogP contribution < -0.4 is 0 Å². The first-order valence-electron chi connectivity index (χ1n) is 9.42. The molecule has 0 unspecified atom stereocenters. The van der Waals surface area contributed by atoms with Gasteiger partial charge in [0.05, 0.1) is 0 Å². The minimum absolute atomic E-state index is 0.0400. The summed E-state index contributed by atoms with van der Waals surface area (Å²) in [4.78, 5) is 0. The molecule has 2 heterocycles. The predicted octanol–water partition coefficient (Wildman–Crippen LogP) is 0.629. The van der Waals surface area contributed by atoms with Gasteiger partial charge >= 0.3 is 9.17 Å². The van der Waals surface area contributed by atoms with Crippen LogP contribution in [0.25, 0.3) is 5.41 Å². The van der Waals surface area contributed by atoms with Gasteiger partial charge in [-0.05, 0) is 25.7 Å². The number of sulfone groups is 2. The number of halogens is 4. The van der Waals surface area contributed by atoms with Crippen molar-refractivity contribution in [3.8, 4) is 0 Å². The van der Waals surface area contributed by atoms with Crippen molar-refractivity contribution in [3.63, 3.8) is 0 Å². The van der Waals surface area contributed by atoms with Gasteiger partial charge in [-0.1, -0.05) is 12.8 Å². The monoisotopic (exact) mass is 562 g/mol. The van der Waals surface area contributed by atoms with Gasteiger partial charge < -0.3 is 5.41 Å². The van der Waals surface area contributed by atoms with E-state index in [9.17, 15) is 51.2 Å². The summed E-state index contributed by atoms with van der Waals surface area (Å²) in [5.74, 6) is 0.160. The molecule has 0 aromatic carbocycles. The van der Waals surface area contributed by atoms with Crippen LogP contribution in [0.15, 0.2) is 4.24 Å². The van der Waals surface area contributed by atoms with Gasteiger partial charge in [0, 0.05) is 26.2 Å². The summed E-state index contributed by atoms with van der Waals surface area (Å²) in [6, 6.07) is 0. The largest absolute Gasteiger partial charge is 0.762 e. The van der Waals surface area contributed by atoms with Crippen molar-refractivity contribution >= 4 is 45.6 Å². The van der Waals surface area contributed by atoms with Crippen LogP contribution in [0.5, 0.6) is 0 Å². The molecule has 0 N–H and O–H groups in total. The molecule has 0 atom stereocenters. The Bertz CT molecular complexity index is 1150. The van der Waals surface area contributed by atoms with E-state index in [-0.39, 0.29) is 40.2 Å². The first-order chi connectivity index (χ1) is 14.9. The number of hydrogen-bond donors (Lipinski definition) is 0. The van der Waals surface area contributed by atoms with Gasteiger partial charge in [0.15, 0.2) is 4.24 Å². The zero-order valence-corrected chi connectivity index (χ0v) is 20.1. The molecule has 0 aliphatic carbocycles. The fourth-order valence-electron chi connectivity index (χ4n) is 3.27. The second-order valence-corrected chi connectivity index (χ2v) is 15.9. The minimum atomic E-state index is -7.15. The standard InChI is InChI=1S/C14H20F4N3O8S4/c15-13(16,32(26,27)20-7-3-1-4-8-20)30(22,23)12(11-19)31(24,25)14(17,18)33(28,29)21-9-5-2-6-10-21/h1-10H2/q-1. The second-order valence-electron chi connectivity index (χ2n) is 7.26. The summed E-state index contributed by atoms with van der Waals surface area (Å²) in [7, 11) is -26.6. The maximum Gasteiger partial charge on any atom is 0.464 e. The molecule has 0 amide bonds. The highest BCUT2D eigenvalue weighted by molar-refractivity contribution is 8.24. The molecular weight excluding hydrogens is 542 g/mol. The number of hydrogen-bond acceptors (Lipinski definition) is 8. The predicted molar refractivity (Wildman–Crippen MR) is 108 cm³/mol. The zero-order chi connectivity index (χ0) is 25.5. The van der Waals surface area contributed by atoms with Gasteiger partial charge in [0.1, 0.15) is 0 Å². The molecule has 0 saturated carbocycles. The highest BCUT2D eigenvalue weighted by Crippen LogP contribution is 2.43. The molecule has 33 heavy (non-hydrogen) atoms. The van der Waals surface area contributed by atoms with Crippen LogP contribution in [-0.4, -0.2) is 83.5 Å². The SMILES string of the molecule is [N-]=C=C(S(=O)(=O)C(F)(F)S(=O)(=O)N1CCCCC1)S(=O)(=O)C(F)(F)S(=O)(=O)N1CCCCC1. The third-order valence-electron chi connectivity index (χ3n) is 5.12. The number of rotatable bonds is 8. The summed E-state index contributed by atoms with van der Waals surface area (Å²) in [6.45, 7) is -2.22. The van der Waals surface area contributed by atoms with Crippen LogP contribution in [0.4, 0.5) is 17.6 Å². The van der Waals surface area contributed by atoms with E-state index in [4.69, 9.17) is 5.41 Å². The number of sulfonamides is 2. The summed E-state index contributed by atoms with van der Waals surface area (Å²) in [5.41, 5.74) is 0. The molecule has 11 nitrogen and oxygen atoms in total. The van der Waals surface area contributed by atoms with Crippen LogP contribution in [0.3, 0.4) is 0 Å². The van der Waals surface area contributed by atoms with Crippen molar-refractivity contribution < 1.29 is 51.2 Å². The Balaban J connectivity index is 2.60. The molecule has 0 aromatic rings. The van der Waals surface area contributed by atoms with Crippen LogP contribution in [0.1, 0.15) is 38.5 Å². The molecule has 19 heteroatoms. The molecule has 2 aliphatic heterocycles. The van der Waals surface area contributed by atoms with Crippen molar-refractivity contribution in [2.45, 2.75) is 47.7 Å². The Hall–Kier alpha value is -1.11. The lowest BCUT2D eigenvalue weighted by Gasteiger charge is -2.31. The summed E-state index contributed by atoms with van der Waals surface area (Å²) < 4.78 is 142. The number of nitrogens with zero attached hydrogens (tertiary/aromatic N) is 3. The Morgan fingerprint density at radius 3 is 1.12 bits per heavy atom. The van der Waals surface area contributed by atoms with Crippen molar-refractivity contribution in [3.05, 3.63) is 9.65 Å². The highest BCUT2D eigenvalue weighted by atomic mass is 32.3. The molecule has 2 saturated heterocycles. The molecule has 192 valence electrons. The summed E-state index contributed by atoms with van der Waals surface area (Å²) >= 11 is 0. The highest BCUT2D eigenvalue weighted by Gasteiger charge is 2.69. The van der Waals surface area contributed by atoms with Gasteiger partial charge in [-0.25, -0.2) is 39.5 Å². The first-order valence-corrected chi connectivity index (χ1v) is 15.3. The average molecular weight is 563 g/mol. The van der Waals surface area contributed by atoms with Crippen LogP contribution in [0.2, 0.25) is 0 Å². The summed E-state index contributed by atoms with van der Waals surface area (Å²) in [6.07, 6.45) is 1.11. The molecular formula is C14H20F4N3O8S4-. The lowest BCUT2D eigenvalue weighted by atomic mass is 10.2. The molecule has 0 radical (unpaired) electrons. The molecule has 0 spiro atoms. The average Bonchev–Trinajstić information content (AvgIpc) is 2.74. The van der Waals surface area contributed by atoms with E-state index in [1.54, 1.807) is 0 Å². The van der Waals surface area contributed by atoms with Gasteiger partial charge in [-0.2, -0.15) is 26.2 Å². The molecule has 2 fully saturated rings. The lowest BCUT2D eigenvalue weighted by Crippen LogP contribution is -2.53. The van der Waals surface area contributed by atoms with Crippen LogP contribution in [-0.2, 0) is 39.7 Å². The van der Waals surface area contributed by atoms with E-state index >= 15 is 0 Å². The minimum Gasteiger partial charge on any atom is -0.762 e. The number of alkyl halides is 4. The van der Waals surface area contributed by atoms with Gasteiger partial charge in [0.25, 0.3) is 39.7 Å². The quantitative estimate of drug-likeness (QED) is 0.307. The van der Waals surface area contributed by atoms with E-state index in [1.165, 1.54) is 0 Å². The Labute approximate surface area is 188 Å². The number of piperidine rings is 2. The Kier molecular flexibility index (Phi) is 7.81. The maximum atomic E-state index is 14.7. The van der Waals surface area contributed by atoms with Gasteiger partial charge in [-0.15, -0.1) is 0 Å². The van der Waals surface area contributed by atoms with Crippen LogP contribution in [0, 0.1) is 0 Å². The molecule has 0 bridgehead atoms.